The van der Waals surface area contributed by atoms with E-state index in [9.17, 15) is 4.39 Å². The minimum absolute atomic E-state index is 0.314. The number of anilines is 1. The zero-order chi connectivity index (χ0) is 15.1. The topological polar surface area (TPSA) is 38.1 Å². The molecular weight excluding hydrogens is 279 g/mol. The van der Waals surface area contributed by atoms with E-state index in [1.165, 1.54) is 12.1 Å². The van der Waals surface area contributed by atoms with Gasteiger partial charge >= 0.3 is 0 Å². The summed E-state index contributed by atoms with van der Waals surface area (Å²) in [4.78, 5) is 4.37. The first-order valence-corrected chi connectivity index (χ1v) is 7.01. The molecule has 3 aromatic carbocycles. The largest absolute Gasteiger partial charge is 0.436 e. The van der Waals surface area contributed by atoms with E-state index in [2.05, 4.69) is 16.4 Å². The van der Waals surface area contributed by atoms with Gasteiger partial charge in [-0.1, -0.05) is 12.1 Å². The lowest BCUT2D eigenvalue weighted by molar-refractivity contribution is 0.614. The molecular formula is C18H13FN2O. The summed E-state index contributed by atoms with van der Waals surface area (Å²) in [6.45, 7) is 0. The minimum atomic E-state index is -0.314. The Hall–Kier alpha value is -2.88. The van der Waals surface area contributed by atoms with E-state index < -0.39 is 0 Å². The molecule has 4 heteroatoms. The second-order valence-corrected chi connectivity index (χ2v) is 5.16. The van der Waals surface area contributed by atoms with Gasteiger partial charge in [-0.25, -0.2) is 9.37 Å². The van der Waals surface area contributed by atoms with Crippen molar-refractivity contribution in [3.05, 3.63) is 60.4 Å². The minimum Gasteiger partial charge on any atom is -0.436 e. The summed E-state index contributed by atoms with van der Waals surface area (Å²) in [7, 11) is 1.90. The molecule has 4 rings (SSSR count). The van der Waals surface area contributed by atoms with Gasteiger partial charge in [0, 0.05) is 24.4 Å². The lowest BCUT2D eigenvalue weighted by Crippen LogP contribution is -1.87. The number of halogens is 1. The average molecular weight is 292 g/mol. The maximum atomic E-state index is 13.2. The Morgan fingerprint density at radius 1 is 0.955 bits per heavy atom. The van der Waals surface area contributed by atoms with Crippen LogP contribution in [-0.2, 0) is 0 Å². The lowest BCUT2D eigenvalue weighted by Gasteiger charge is -2.04. The SMILES string of the molecule is CNc1ccc2cc(-c3nc4cc(F)ccc4o3)ccc2c1. The summed E-state index contributed by atoms with van der Waals surface area (Å²) >= 11 is 0. The Bertz CT molecular complexity index is 991. The molecule has 1 heterocycles. The molecule has 0 amide bonds. The van der Waals surface area contributed by atoms with Crippen molar-refractivity contribution in [2.45, 2.75) is 0 Å². The molecule has 3 nitrogen and oxygen atoms in total. The molecule has 0 spiro atoms. The molecule has 0 aliphatic rings. The van der Waals surface area contributed by atoms with Crippen LogP contribution in [0.15, 0.2) is 59.0 Å². The van der Waals surface area contributed by atoms with Gasteiger partial charge in [0.05, 0.1) is 0 Å². The van der Waals surface area contributed by atoms with E-state index in [-0.39, 0.29) is 5.82 Å². The summed E-state index contributed by atoms with van der Waals surface area (Å²) in [5.41, 5.74) is 3.06. The van der Waals surface area contributed by atoms with Gasteiger partial charge in [-0.2, -0.15) is 0 Å². The fraction of sp³-hybridized carbons (Fsp3) is 0.0556. The van der Waals surface area contributed by atoms with E-state index in [0.717, 1.165) is 22.0 Å². The Kier molecular flexibility index (Phi) is 2.82. The number of fused-ring (bicyclic) bond motifs is 2. The molecule has 22 heavy (non-hydrogen) atoms. The smallest absolute Gasteiger partial charge is 0.227 e. The summed E-state index contributed by atoms with van der Waals surface area (Å²) < 4.78 is 19.0. The predicted molar refractivity (Wildman–Crippen MR) is 86.5 cm³/mol. The monoisotopic (exact) mass is 292 g/mol. The van der Waals surface area contributed by atoms with Crippen LogP contribution < -0.4 is 5.32 Å². The van der Waals surface area contributed by atoms with Crippen molar-refractivity contribution >= 4 is 27.6 Å². The Balaban J connectivity index is 1.84. The third-order valence-corrected chi connectivity index (χ3v) is 3.73. The maximum Gasteiger partial charge on any atom is 0.227 e. The average Bonchev–Trinajstić information content (AvgIpc) is 2.96. The highest BCUT2D eigenvalue weighted by molar-refractivity contribution is 5.89. The number of oxazole rings is 1. The van der Waals surface area contributed by atoms with Crippen LogP contribution in [-0.4, -0.2) is 12.0 Å². The van der Waals surface area contributed by atoms with Crippen molar-refractivity contribution in [1.29, 1.82) is 0 Å². The molecule has 0 aliphatic carbocycles. The van der Waals surface area contributed by atoms with E-state index in [1.807, 2.05) is 37.4 Å². The molecule has 4 aromatic rings. The fourth-order valence-electron chi connectivity index (χ4n) is 2.56. The highest BCUT2D eigenvalue weighted by Crippen LogP contribution is 2.28. The first-order chi connectivity index (χ1) is 10.7. The normalized spacial score (nSPS) is 11.2. The molecule has 1 aromatic heterocycles. The van der Waals surface area contributed by atoms with Gasteiger partial charge in [0.15, 0.2) is 5.58 Å². The first-order valence-electron chi connectivity index (χ1n) is 7.01. The number of benzene rings is 3. The van der Waals surface area contributed by atoms with Crippen molar-refractivity contribution in [3.8, 4) is 11.5 Å². The van der Waals surface area contributed by atoms with Crippen LogP contribution in [0.25, 0.3) is 33.3 Å². The van der Waals surface area contributed by atoms with Gasteiger partial charge in [0.1, 0.15) is 11.3 Å². The van der Waals surface area contributed by atoms with Crippen molar-refractivity contribution in [3.63, 3.8) is 0 Å². The van der Waals surface area contributed by atoms with Gasteiger partial charge in [0.25, 0.3) is 0 Å². The van der Waals surface area contributed by atoms with Crippen molar-refractivity contribution in [2.75, 3.05) is 12.4 Å². The second kappa shape index (κ2) is 4.84. The number of hydrogen-bond donors (Lipinski definition) is 1. The Labute approximate surface area is 126 Å². The van der Waals surface area contributed by atoms with Crippen molar-refractivity contribution in [2.24, 2.45) is 0 Å². The van der Waals surface area contributed by atoms with Gasteiger partial charge < -0.3 is 9.73 Å². The third-order valence-electron chi connectivity index (χ3n) is 3.73. The van der Waals surface area contributed by atoms with Gasteiger partial charge in [0.2, 0.25) is 5.89 Å². The predicted octanol–water partition coefficient (Wildman–Crippen LogP) is 4.83. The lowest BCUT2D eigenvalue weighted by atomic mass is 10.1. The van der Waals surface area contributed by atoms with Crippen molar-refractivity contribution < 1.29 is 8.81 Å². The number of hydrogen-bond acceptors (Lipinski definition) is 3. The van der Waals surface area contributed by atoms with Crippen LogP contribution in [0.4, 0.5) is 10.1 Å². The fourth-order valence-corrected chi connectivity index (χ4v) is 2.56. The van der Waals surface area contributed by atoms with Crippen LogP contribution in [0.2, 0.25) is 0 Å². The molecule has 0 radical (unpaired) electrons. The zero-order valence-electron chi connectivity index (χ0n) is 11.9. The molecule has 0 fully saturated rings. The summed E-state index contributed by atoms with van der Waals surface area (Å²) in [6.07, 6.45) is 0. The highest BCUT2D eigenvalue weighted by Gasteiger charge is 2.09. The molecule has 0 unspecified atom stereocenters. The van der Waals surface area contributed by atoms with Crippen LogP contribution in [0.5, 0.6) is 0 Å². The van der Waals surface area contributed by atoms with E-state index >= 15 is 0 Å². The molecule has 0 aliphatic heterocycles. The number of nitrogens with zero attached hydrogens (tertiary/aromatic N) is 1. The van der Waals surface area contributed by atoms with Crippen LogP contribution in [0.1, 0.15) is 0 Å². The molecule has 0 atom stereocenters. The second-order valence-electron chi connectivity index (χ2n) is 5.16. The quantitative estimate of drug-likeness (QED) is 0.575. The number of aromatic nitrogens is 1. The molecule has 1 N–H and O–H groups in total. The molecule has 0 bridgehead atoms. The molecule has 0 saturated heterocycles. The Morgan fingerprint density at radius 2 is 1.77 bits per heavy atom. The van der Waals surface area contributed by atoms with E-state index in [0.29, 0.717) is 17.0 Å². The van der Waals surface area contributed by atoms with E-state index in [1.54, 1.807) is 6.07 Å². The van der Waals surface area contributed by atoms with Gasteiger partial charge in [-0.3, -0.25) is 0 Å². The van der Waals surface area contributed by atoms with E-state index in [4.69, 9.17) is 4.42 Å². The number of nitrogens with one attached hydrogen (secondary N) is 1. The van der Waals surface area contributed by atoms with Crippen molar-refractivity contribution in [1.82, 2.24) is 4.98 Å². The molecule has 0 saturated carbocycles. The van der Waals surface area contributed by atoms with Gasteiger partial charge in [-0.05, 0) is 47.2 Å². The van der Waals surface area contributed by atoms with Crippen LogP contribution >= 0.6 is 0 Å². The zero-order valence-corrected chi connectivity index (χ0v) is 11.9. The third kappa shape index (κ3) is 2.09. The summed E-state index contributed by atoms with van der Waals surface area (Å²) in [6, 6.07) is 16.5. The van der Waals surface area contributed by atoms with Crippen LogP contribution in [0.3, 0.4) is 0 Å². The summed E-state index contributed by atoms with van der Waals surface area (Å²) in [5.74, 6) is 0.186. The first kappa shape index (κ1) is 12.8. The van der Waals surface area contributed by atoms with Gasteiger partial charge in [-0.15, -0.1) is 0 Å². The summed E-state index contributed by atoms with van der Waals surface area (Å²) in [5, 5.41) is 5.36. The number of rotatable bonds is 2. The van der Waals surface area contributed by atoms with Crippen LogP contribution in [0, 0.1) is 5.82 Å². The highest BCUT2D eigenvalue weighted by atomic mass is 19.1. The standard InChI is InChI=1S/C18H13FN2O/c1-20-15-6-4-11-8-13(3-2-12(11)9-15)18-21-16-10-14(19)5-7-17(16)22-18/h2-10,20H,1H3. The Morgan fingerprint density at radius 3 is 2.64 bits per heavy atom. The molecule has 108 valence electrons. The maximum absolute atomic E-state index is 13.2.